The predicted octanol–water partition coefficient (Wildman–Crippen LogP) is 2.43. The lowest BCUT2D eigenvalue weighted by Crippen LogP contribution is -2.48. The number of ether oxygens (including phenoxy) is 1. The maximum Gasteiger partial charge on any atom is 0.323 e. The second-order valence-corrected chi connectivity index (χ2v) is 4.55. The van der Waals surface area contributed by atoms with E-state index in [2.05, 4.69) is 5.32 Å². The minimum Gasteiger partial charge on any atom is -0.496 e. The van der Waals surface area contributed by atoms with Crippen LogP contribution >= 0.6 is 0 Å². The van der Waals surface area contributed by atoms with Gasteiger partial charge in [0.05, 0.1) is 7.11 Å². The number of methoxy groups -OCH3 is 1. The first kappa shape index (κ1) is 14.5. The molecule has 0 aliphatic rings. The molecule has 0 aromatic heterocycles. The molecule has 1 atom stereocenters. The maximum absolute atomic E-state index is 11.3. The number of rotatable bonds is 7. The van der Waals surface area contributed by atoms with Gasteiger partial charge < -0.3 is 9.84 Å². The van der Waals surface area contributed by atoms with Crippen LogP contribution in [0.25, 0.3) is 0 Å². The van der Waals surface area contributed by atoms with Crippen molar-refractivity contribution in [3.8, 4) is 5.75 Å². The fourth-order valence-electron chi connectivity index (χ4n) is 1.91. The van der Waals surface area contributed by atoms with Crippen molar-refractivity contribution in [1.82, 2.24) is 5.32 Å². The Labute approximate surface area is 108 Å². The first-order valence-corrected chi connectivity index (χ1v) is 6.14. The molecule has 0 amide bonds. The summed E-state index contributed by atoms with van der Waals surface area (Å²) in [5, 5.41) is 12.4. The van der Waals surface area contributed by atoms with Crippen molar-refractivity contribution in [1.29, 1.82) is 0 Å². The molecule has 0 aliphatic heterocycles. The molecule has 1 aromatic carbocycles. The Hall–Kier alpha value is -1.55. The number of hydrogen-bond acceptors (Lipinski definition) is 3. The van der Waals surface area contributed by atoms with Gasteiger partial charge in [0.1, 0.15) is 11.3 Å². The number of carboxylic acids is 1. The van der Waals surface area contributed by atoms with Crippen molar-refractivity contribution in [3.05, 3.63) is 29.8 Å². The van der Waals surface area contributed by atoms with Gasteiger partial charge in [0.25, 0.3) is 0 Å². The lowest BCUT2D eigenvalue weighted by molar-refractivity contribution is -0.144. The van der Waals surface area contributed by atoms with Crippen molar-refractivity contribution >= 4 is 5.97 Å². The minimum absolute atomic E-state index is 0.479. The molecule has 0 aliphatic carbocycles. The van der Waals surface area contributed by atoms with Crippen molar-refractivity contribution in [2.45, 2.75) is 38.8 Å². The average molecular weight is 251 g/mol. The second kappa shape index (κ2) is 6.40. The molecular weight excluding hydrogens is 230 g/mol. The van der Waals surface area contributed by atoms with E-state index >= 15 is 0 Å². The standard InChI is InChI=1S/C14H21NO3/c1-4-9-14(2,13(16)17)15-10-11-7-5-6-8-12(11)18-3/h5-8,15H,4,9-10H2,1-3H3,(H,16,17). The summed E-state index contributed by atoms with van der Waals surface area (Å²) in [5.74, 6) is -0.0477. The van der Waals surface area contributed by atoms with E-state index < -0.39 is 11.5 Å². The fraction of sp³-hybridized carbons (Fsp3) is 0.500. The Morgan fingerprint density at radius 1 is 1.44 bits per heavy atom. The Balaban J connectivity index is 2.76. The fourth-order valence-corrected chi connectivity index (χ4v) is 1.91. The monoisotopic (exact) mass is 251 g/mol. The van der Waals surface area contributed by atoms with Gasteiger partial charge in [0.2, 0.25) is 0 Å². The Kier molecular flexibility index (Phi) is 5.16. The van der Waals surface area contributed by atoms with Gasteiger partial charge in [-0.2, -0.15) is 0 Å². The molecule has 0 fully saturated rings. The number of carboxylic acid groups (broad SMARTS) is 1. The van der Waals surface area contributed by atoms with Crippen LogP contribution in [0, 0.1) is 0 Å². The Morgan fingerprint density at radius 2 is 2.11 bits per heavy atom. The van der Waals surface area contributed by atoms with Gasteiger partial charge in [-0.05, 0) is 19.4 Å². The molecule has 2 N–H and O–H groups in total. The number of nitrogens with one attached hydrogen (secondary N) is 1. The number of aliphatic carboxylic acids is 1. The molecule has 1 aromatic rings. The first-order chi connectivity index (χ1) is 8.53. The Bertz CT molecular complexity index is 406. The third-order valence-electron chi connectivity index (χ3n) is 3.08. The average Bonchev–Trinajstić information content (AvgIpc) is 2.37. The molecular formula is C14H21NO3. The van der Waals surface area contributed by atoms with Crippen molar-refractivity contribution < 1.29 is 14.6 Å². The van der Waals surface area contributed by atoms with Crippen LogP contribution in [0.5, 0.6) is 5.75 Å². The minimum atomic E-state index is -0.893. The molecule has 100 valence electrons. The highest BCUT2D eigenvalue weighted by Gasteiger charge is 2.31. The zero-order valence-electron chi connectivity index (χ0n) is 11.2. The molecule has 1 unspecified atom stereocenters. The first-order valence-electron chi connectivity index (χ1n) is 6.14. The van der Waals surface area contributed by atoms with E-state index in [1.54, 1.807) is 14.0 Å². The number of carbonyl (C=O) groups is 1. The van der Waals surface area contributed by atoms with Crippen molar-refractivity contribution in [3.63, 3.8) is 0 Å². The third-order valence-corrected chi connectivity index (χ3v) is 3.08. The quantitative estimate of drug-likeness (QED) is 0.781. The zero-order chi connectivity index (χ0) is 13.6. The molecule has 18 heavy (non-hydrogen) atoms. The van der Waals surface area contributed by atoms with E-state index in [1.807, 2.05) is 31.2 Å². The van der Waals surface area contributed by atoms with E-state index in [0.29, 0.717) is 13.0 Å². The summed E-state index contributed by atoms with van der Waals surface area (Å²) in [4.78, 5) is 11.3. The summed E-state index contributed by atoms with van der Waals surface area (Å²) in [7, 11) is 1.61. The van der Waals surface area contributed by atoms with Crippen LogP contribution in [0.1, 0.15) is 32.3 Å². The van der Waals surface area contributed by atoms with Gasteiger partial charge in [0.15, 0.2) is 0 Å². The van der Waals surface area contributed by atoms with Crippen LogP contribution in [0.2, 0.25) is 0 Å². The van der Waals surface area contributed by atoms with Crippen LogP contribution in [0.15, 0.2) is 24.3 Å². The number of hydrogen-bond donors (Lipinski definition) is 2. The SMILES string of the molecule is CCCC(C)(NCc1ccccc1OC)C(=O)O. The largest absolute Gasteiger partial charge is 0.496 e. The molecule has 1 rings (SSSR count). The summed E-state index contributed by atoms with van der Waals surface area (Å²) in [6.07, 6.45) is 1.42. The summed E-state index contributed by atoms with van der Waals surface area (Å²) in [6, 6.07) is 7.61. The number of para-hydroxylation sites is 1. The van der Waals surface area contributed by atoms with Crippen molar-refractivity contribution in [2.75, 3.05) is 7.11 Å². The zero-order valence-corrected chi connectivity index (χ0v) is 11.2. The second-order valence-electron chi connectivity index (χ2n) is 4.55. The summed E-state index contributed by atoms with van der Waals surface area (Å²) < 4.78 is 5.24. The molecule has 4 heteroatoms. The highest BCUT2D eigenvalue weighted by molar-refractivity contribution is 5.78. The molecule has 4 nitrogen and oxygen atoms in total. The Morgan fingerprint density at radius 3 is 2.67 bits per heavy atom. The van der Waals surface area contributed by atoms with Gasteiger partial charge in [-0.1, -0.05) is 31.5 Å². The third kappa shape index (κ3) is 3.47. The normalized spacial score (nSPS) is 13.9. The van der Waals surface area contributed by atoms with Gasteiger partial charge in [-0.3, -0.25) is 10.1 Å². The van der Waals surface area contributed by atoms with Crippen LogP contribution in [-0.2, 0) is 11.3 Å². The van der Waals surface area contributed by atoms with Crippen molar-refractivity contribution in [2.24, 2.45) is 0 Å². The van der Waals surface area contributed by atoms with Gasteiger partial charge in [-0.15, -0.1) is 0 Å². The highest BCUT2D eigenvalue weighted by atomic mass is 16.5. The molecule has 0 spiro atoms. The molecule has 0 saturated carbocycles. The summed E-state index contributed by atoms with van der Waals surface area (Å²) in [6.45, 7) is 4.17. The van der Waals surface area contributed by atoms with E-state index in [1.165, 1.54) is 0 Å². The topological polar surface area (TPSA) is 58.6 Å². The van der Waals surface area contributed by atoms with Crippen LogP contribution in [0.4, 0.5) is 0 Å². The molecule has 0 radical (unpaired) electrons. The lowest BCUT2D eigenvalue weighted by atomic mass is 9.96. The van der Waals surface area contributed by atoms with Gasteiger partial charge in [0, 0.05) is 12.1 Å². The predicted molar refractivity (Wildman–Crippen MR) is 70.8 cm³/mol. The highest BCUT2D eigenvalue weighted by Crippen LogP contribution is 2.19. The molecule has 0 saturated heterocycles. The van der Waals surface area contributed by atoms with E-state index in [0.717, 1.165) is 17.7 Å². The molecule has 0 heterocycles. The van der Waals surface area contributed by atoms with Gasteiger partial charge in [-0.25, -0.2) is 0 Å². The number of benzene rings is 1. The van der Waals surface area contributed by atoms with E-state index in [-0.39, 0.29) is 0 Å². The smallest absolute Gasteiger partial charge is 0.323 e. The molecule has 0 bridgehead atoms. The van der Waals surface area contributed by atoms with Crippen LogP contribution < -0.4 is 10.1 Å². The van der Waals surface area contributed by atoms with E-state index in [4.69, 9.17) is 4.74 Å². The van der Waals surface area contributed by atoms with E-state index in [9.17, 15) is 9.90 Å². The maximum atomic E-state index is 11.3. The summed E-state index contributed by atoms with van der Waals surface area (Å²) in [5.41, 5.74) is 0.0684. The lowest BCUT2D eigenvalue weighted by Gasteiger charge is -2.26. The van der Waals surface area contributed by atoms with Crippen LogP contribution in [0.3, 0.4) is 0 Å². The van der Waals surface area contributed by atoms with Crippen LogP contribution in [-0.4, -0.2) is 23.7 Å². The summed E-state index contributed by atoms with van der Waals surface area (Å²) >= 11 is 0. The van der Waals surface area contributed by atoms with Gasteiger partial charge >= 0.3 is 5.97 Å².